The van der Waals surface area contributed by atoms with Crippen LogP contribution in [0.3, 0.4) is 0 Å². The van der Waals surface area contributed by atoms with Gasteiger partial charge in [0.1, 0.15) is 24.1 Å². The minimum atomic E-state index is -5.09. The molecule has 0 aliphatic carbocycles. The van der Waals surface area contributed by atoms with Gasteiger partial charge in [-0.05, 0) is 42.3 Å². The Kier molecular flexibility index (Phi) is 7.81. The Bertz CT molecular complexity index is 1400. The van der Waals surface area contributed by atoms with Crippen LogP contribution in [0.5, 0.6) is 0 Å². The van der Waals surface area contributed by atoms with Crippen molar-refractivity contribution in [3.8, 4) is 0 Å². The molecule has 7 nitrogen and oxygen atoms in total. The molecule has 0 radical (unpaired) electrons. The van der Waals surface area contributed by atoms with E-state index in [0.717, 1.165) is 22.9 Å². The predicted molar refractivity (Wildman–Crippen MR) is 128 cm³/mol. The van der Waals surface area contributed by atoms with E-state index in [2.05, 4.69) is 15.2 Å². The maximum atomic E-state index is 14.0. The topological polar surface area (TPSA) is 76.5 Å². The highest BCUT2D eigenvalue weighted by molar-refractivity contribution is 6.01. The van der Waals surface area contributed by atoms with Gasteiger partial charge in [0, 0.05) is 13.1 Å². The van der Waals surface area contributed by atoms with E-state index in [0.29, 0.717) is 5.56 Å². The first-order valence-corrected chi connectivity index (χ1v) is 11.9. The number of benzene rings is 2. The van der Waals surface area contributed by atoms with E-state index in [1.165, 1.54) is 49.3 Å². The largest absolute Gasteiger partial charge is 0.465 e. The zero-order valence-corrected chi connectivity index (χ0v) is 21.1. The van der Waals surface area contributed by atoms with Crippen molar-refractivity contribution >= 4 is 17.7 Å². The highest BCUT2D eigenvalue weighted by Gasteiger charge is 2.46. The number of halogens is 7. The number of methoxy groups -OCH3 is 1. The summed E-state index contributed by atoms with van der Waals surface area (Å²) in [4.78, 5) is 26.2. The minimum Gasteiger partial charge on any atom is -0.465 e. The lowest BCUT2D eigenvalue weighted by molar-refractivity contribution is -0.142. The van der Waals surface area contributed by atoms with Gasteiger partial charge < -0.3 is 15.0 Å². The third-order valence-electron chi connectivity index (χ3n) is 6.44. The van der Waals surface area contributed by atoms with E-state index in [1.54, 1.807) is 0 Å². The molecule has 0 saturated carbocycles. The zero-order valence-electron chi connectivity index (χ0n) is 21.1. The summed E-state index contributed by atoms with van der Waals surface area (Å²) in [6.07, 6.45) is -9.73. The molecule has 1 aliphatic heterocycles. The number of nitrogens with one attached hydrogen (secondary N) is 1. The fourth-order valence-electron chi connectivity index (χ4n) is 4.51. The van der Waals surface area contributed by atoms with Gasteiger partial charge in [-0.2, -0.15) is 31.4 Å². The number of rotatable bonds is 7. The molecule has 4 rings (SSSR count). The standard InChI is InChI=1S/C26H23F7N4O3/c1-14(16-6-8-17(9-7-16)24(39)40-2)34-22(38)20-21(26(31,32)33)35-37-19(11-27)13-36(23(20)37)12-15-4-3-5-18(10-15)25(28,29)30/h3-10,14,19H,11-13H2,1-2H3,(H,34,38)/t14-,19+/m0/s1. The third kappa shape index (κ3) is 5.75. The monoisotopic (exact) mass is 572 g/mol. The second-order valence-corrected chi connectivity index (χ2v) is 9.19. The molecule has 1 amide bonds. The number of amides is 1. The van der Waals surface area contributed by atoms with Crippen molar-refractivity contribution in [3.63, 3.8) is 0 Å². The molecule has 0 bridgehead atoms. The molecule has 14 heteroatoms. The van der Waals surface area contributed by atoms with E-state index in [4.69, 9.17) is 0 Å². The highest BCUT2D eigenvalue weighted by Crippen LogP contribution is 2.42. The van der Waals surface area contributed by atoms with E-state index < -0.39 is 59.8 Å². The van der Waals surface area contributed by atoms with Crippen molar-refractivity contribution < 1.29 is 45.1 Å². The van der Waals surface area contributed by atoms with E-state index in [1.807, 2.05) is 0 Å². The van der Waals surface area contributed by atoms with Gasteiger partial charge in [-0.1, -0.05) is 24.3 Å². The average Bonchev–Trinajstić information content (AvgIpc) is 3.46. The Morgan fingerprint density at radius 3 is 2.33 bits per heavy atom. The van der Waals surface area contributed by atoms with E-state index >= 15 is 0 Å². The molecule has 2 heterocycles. The molecule has 2 atom stereocenters. The maximum absolute atomic E-state index is 14.0. The van der Waals surface area contributed by atoms with Crippen molar-refractivity contribution in [2.45, 2.75) is 37.9 Å². The normalized spacial score (nSPS) is 16.0. The second-order valence-electron chi connectivity index (χ2n) is 9.19. The van der Waals surface area contributed by atoms with Crippen LogP contribution in [-0.2, 0) is 23.6 Å². The van der Waals surface area contributed by atoms with Crippen molar-refractivity contribution in [2.24, 2.45) is 0 Å². The fraction of sp³-hybridized carbons (Fsp3) is 0.346. The number of hydrogen-bond donors (Lipinski definition) is 1. The van der Waals surface area contributed by atoms with E-state index in [9.17, 15) is 40.3 Å². The lowest BCUT2D eigenvalue weighted by Gasteiger charge is -2.22. The van der Waals surface area contributed by atoms with Crippen LogP contribution < -0.4 is 10.2 Å². The van der Waals surface area contributed by atoms with Crippen LogP contribution in [0, 0.1) is 0 Å². The van der Waals surface area contributed by atoms with Crippen LogP contribution in [-0.4, -0.2) is 42.0 Å². The van der Waals surface area contributed by atoms with Gasteiger partial charge in [0.15, 0.2) is 5.69 Å². The first-order chi connectivity index (χ1) is 18.7. The number of ether oxygens (including phenoxy) is 1. The molecule has 1 aromatic heterocycles. The van der Waals surface area contributed by atoms with Gasteiger partial charge in [0.2, 0.25) is 0 Å². The summed E-state index contributed by atoms with van der Waals surface area (Å²) in [6.45, 7) is -0.145. The van der Waals surface area contributed by atoms with Gasteiger partial charge in [0.05, 0.1) is 24.3 Å². The molecule has 3 aromatic rings. The first-order valence-electron chi connectivity index (χ1n) is 11.9. The molecule has 214 valence electrons. The van der Waals surface area contributed by atoms with Gasteiger partial charge in [-0.3, -0.25) is 4.79 Å². The second kappa shape index (κ2) is 10.8. The highest BCUT2D eigenvalue weighted by atomic mass is 19.4. The third-order valence-corrected chi connectivity index (χ3v) is 6.44. The molecule has 1 aliphatic rings. The molecule has 0 fully saturated rings. The summed E-state index contributed by atoms with van der Waals surface area (Å²) in [5, 5.41) is 5.99. The Labute approximate surface area is 223 Å². The number of alkyl halides is 7. The van der Waals surface area contributed by atoms with E-state index in [-0.39, 0.29) is 30.0 Å². The van der Waals surface area contributed by atoms with Gasteiger partial charge in [-0.15, -0.1) is 0 Å². The van der Waals surface area contributed by atoms with Gasteiger partial charge in [0.25, 0.3) is 5.91 Å². The molecule has 1 N–H and O–H groups in total. The van der Waals surface area contributed by atoms with Crippen molar-refractivity contribution in [1.29, 1.82) is 0 Å². The lowest BCUT2D eigenvalue weighted by Crippen LogP contribution is -2.31. The number of nitrogens with zero attached hydrogens (tertiary/aromatic N) is 3. The number of carbonyl (C=O) groups is 2. The predicted octanol–water partition coefficient (Wildman–Crippen LogP) is 5.73. The lowest BCUT2D eigenvalue weighted by atomic mass is 10.1. The van der Waals surface area contributed by atoms with Crippen molar-refractivity contribution in [3.05, 3.63) is 82.0 Å². The maximum Gasteiger partial charge on any atom is 0.436 e. The van der Waals surface area contributed by atoms with Crippen LogP contribution >= 0.6 is 0 Å². The minimum absolute atomic E-state index is 0.0982. The summed E-state index contributed by atoms with van der Waals surface area (Å²) < 4.78 is 101. The molecule has 0 saturated heterocycles. The van der Waals surface area contributed by atoms with Crippen LogP contribution in [0.25, 0.3) is 0 Å². The summed E-state index contributed by atoms with van der Waals surface area (Å²) in [5.41, 5.74) is -2.59. The van der Waals surface area contributed by atoms with Crippen molar-refractivity contribution in [1.82, 2.24) is 15.1 Å². The zero-order chi connectivity index (χ0) is 29.4. The number of anilines is 1. The molecular weight excluding hydrogens is 549 g/mol. The molecular formula is C26H23F7N4O3. The Balaban J connectivity index is 1.69. The fourth-order valence-corrected chi connectivity index (χ4v) is 4.51. The Morgan fingerprint density at radius 1 is 1.07 bits per heavy atom. The molecule has 40 heavy (non-hydrogen) atoms. The van der Waals surface area contributed by atoms with Crippen LogP contribution in [0.1, 0.15) is 62.1 Å². The number of hydrogen-bond acceptors (Lipinski definition) is 5. The number of carbonyl (C=O) groups excluding carboxylic acids is 2. The summed E-state index contributed by atoms with van der Waals surface area (Å²) in [6, 6.07) is 8.00. The number of aromatic nitrogens is 2. The number of esters is 1. The molecule has 2 aromatic carbocycles. The molecule has 0 spiro atoms. The molecule has 0 unspecified atom stereocenters. The average molecular weight is 572 g/mol. The van der Waals surface area contributed by atoms with Gasteiger partial charge in [-0.25, -0.2) is 13.9 Å². The summed E-state index contributed by atoms with van der Waals surface area (Å²) >= 11 is 0. The van der Waals surface area contributed by atoms with Crippen molar-refractivity contribution in [2.75, 3.05) is 25.2 Å². The summed E-state index contributed by atoms with van der Waals surface area (Å²) in [5.74, 6) is -2.11. The Hall–Kier alpha value is -4.10. The van der Waals surface area contributed by atoms with Gasteiger partial charge >= 0.3 is 18.3 Å². The first kappa shape index (κ1) is 28.9. The SMILES string of the molecule is COC(=O)c1ccc([C@H](C)NC(=O)c2c(C(F)(F)F)nn3c2N(Cc2cccc(C(F)(F)F)c2)C[C@H]3CF)cc1. The Morgan fingerprint density at radius 2 is 1.75 bits per heavy atom. The van der Waals surface area contributed by atoms with Crippen LogP contribution in [0.4, 0.5) is 36.6 Å². The van der Waals surface area contributed by atoms with Crippen LogP contribution in [0.15, 0.2) is 48.5 Å². The summed E-state index contributed by atoms with van der Waals surface area (Å²) in [7, 11) is 1.20. The number of fused-ring (bicyclic) bond motifs is 1. The van der Waals surface area contributed by atoms with Crippen LogP contribution in [0.2, 0.25) is 0 Å². The smallest absolute Gasteiger partial charge is 0.436 e. The quantitative estimate of drug-likeness (QED) is 0.289.